The van der Waals surface area contributed by atoms with E-state index in [-0.39, 0.29) is 18.3 Å². The topological polar surface area (TPSA) is 71.5 Å². The molecule has 1 saturated heterocycles. The van der Waals surface area contributed by atoms with Crippen molar-refractivity contribution in [3.05, 3.63) is 59.3 Å². The molecule has 0 radical (unpaired) electrons. The molecule has 3 aromatic rings. The predicted molar refractivity (Wildman–Crippen MR) is 126 cm³/mol. The summed E-state index contributed by atoms with van der Waals surface area (Å²) in [5.41, 5.74) is 3.46. The maximum Gasteiger partial charge on any atom is 0.248 e. The van der Waals surface area contributed by atoms with Crippen LogP contribution in [-0.4, -0.2) is 65.2 Å². The molecule has 3 heterocycles. The van der Waals surface area contributed by atoms with Gasteiger partial charge in [-0.1, -0.05) is 11.6 Å². The van der Waals surface area contributed by atoms with E-state index in [1.165, 1.54) is 12.1 Å². The second-order valence-corrected chi connectivity index (χ2v) is 8.15. The fraction of sp³-hybridized carbons (Fsp3) is 0.333. The Morgan fingerprint density at radius 3 is 2.61 bits per heavy atom. The molecule has 0 unspecified atom stereocenters. The van der Waals surface area contributed by atoms with Crippen LogP contribution >= 0.6 is 11.6 Å². The molecular weight excluding hydrogens is 445 g/mol. The molecule has 0 spiro atoms. The Hall–Kier alpha value is -3.10. The number of piperazine rings is 1. The smallest absolute Gasteiger partial charge is 0.248 e. The molecule has 1 aliphatic rings. The lowest BCUT2D eigenvalue weighted by atomic mass is 10.0. The molecule has 9 heteroatoms. The largest absolute Gasteiger partial charge is 0.372 e. The highest BCUT2D eigenvalue weighted by Crippen LogP contribution is 2.35. The summed E-state index contributed by atoms with van der Waals surface area (Å²) in [7, 11) is 0. The summed E-state index contributed by atoms with van der Waals surface area (Å²) in [6, 6.07) is 6.38. The average Bonchev–Trinajstić information content (AvgIpc) is 2.83. The van der Waals surface area contributed by atoms with E-state index < -0.39 is 0 Å². The minimum Gasteiger partial charge on any atom is -0.372 e. The van der Waals surface area contributed by atoms with Crippen molar-refractivity contribution in [2.24, 2.45) is 0 Å². The number of amides is 1. The van der Waals surface area contributed by atoms with Gasteiger partial charge in [0.15, 0.2) is 0 Å². The van der Waals surface area contributed by atoms with E-state index in [2.05, 4.69) is 9.88 Å². The van der Waals surface area contributed by atoms with E-state index in [0.29, 0.717) is 60.6 Å². The van der Waals surface area contributed by atoms with Crippen molar-refractivity contribution in [3.63, 3.8) is 0 Å². The van der Waals surface area contributed by atoms with Crippen molar-refractivity contribution in [1.29, 1.82) is 0 Å². The zero-order valence-electron chi connectivity index (χ0n) is 18.6. The zero-order chi connectivity index (χ0) is 23.4. The highest BCUT2D eigenvalue weighted by Gasteiger charge is 2.24. The van der Waals surface area contributed by atoms with Crippen molar-refractivity contribution in [3.8, 4) is 22.5 Å². The van der Waals surface area contributed by atoms with Crippen LogP contribution in [0.4, 0.5) is 10.2 Å². The molecule has 0 bridgehead atoms. The highest BCUT2D eigenvalue weighted by molar-refractivity contribution is 6.33. The average molecular weight is 470 g/mol. The number of anilines is 1. The Labute approximate surface area is 197 Å². The van der Waals surface area contributed by atoms with Crippen molar-refractivity contribution in [2.45, 2.75) is 13.8 Å². The third-order valence-electron chi connectivity index (χ3n) is 5.62. The van der Waals surface area contributed by atoms with Crippen LogP contribution in [0.3, 0.4) is 0 Å². The van der Waals surface area contributed by atoms with Crippen LogP contribution in [-0.2, 0) is 9.53 Å². The van der Waals surface area contributed by atoms with Gasteiger partial charge in [-0.2, -0.15) is 0 Å². The first kappa shape index (κ1) is 23.1. The number of aryl methyl sites for hydroxylation is 1. The van der Waals surface area contributed by atoms with Gasteiger partial charge >= 0.3 is 0 Å². The number of nitrogens with zero attached hydrogens (tertiary/aromatic N) is 5. The van der Waals surface area contributed by atoms with Crippen LogP contribution in [0.15, 0.2) is 42.9 Å². The zero-order valence-corrected chi connectivity index (χ0v) is 19.3. The quantitative estimate of drug-likeness (QED) is 0.543. The van der Waals surface area contributed by atoms with Gasteiger partial charge in [-0.05, 0) is 43.7 Å². The molecule has 0 aliphatic carbocycles. The molecule has 0 saturated carbocycles. The summed E-state index contributed by atoms with van der Waals surface area (Å²) in [6.45, 7) is 6.75. The molecular formula is C24H25ClFN5O2. The first-order chi connectivity index (χ1) is 16.0. The van der Waals surface area contributed by atoms with Crippen LogP contribution in [0.2, 0.25) is 5.02 Å². The Morgan fingerprint density at radius 2 is 1.91 bits per heavy atom. The number of hydrogen-bond acceptors (Lipinski definition) is 6. The van der Waals surface area contributed by atoms with Crippen molar-refractivity contribution >= 4 is 23.3 Å². The van der Waals surface area contributed by atoms with Crippen LogP contribution in [0, 0.1) is 12.7 Å². The molecule has 1 fully saturated rings. The number of halogens is 2. The monoisotopic (exact) mass is 469 g/mol. The summed E-state index contributed by atoms with van der Waals surface area (Å²) < 4.78 is 18.9. The van der Waals surface area contributed by atoms with Gasteiger partial charge in [0.25, 0.3) is 0 Å². The number of pyridine rings is 1. The van der Waals surface area contributed by atoms with Crippen LogP contribution < -0.4 is 4.90 Å². The van der Waals surface area contributed by atoms with Crippen molar-refractivity contribution in [2.75, 3.05) is 44.3 Å². The Balaban J connectivity index is 1.66. The summed E-state index contributed by atoms with van der Waals surface area (Å²) >= 11 is 6.46. The van der Waals surface area contributed by atoms with Gasteiger partial charge in [0, 0.05) is 56.3 Å². The molecule has 172 valence electrons. The van der Waals surface area contributed by atoms with E-state index in [4.69, 9.17) is 26.3 Å². The van der Waals surface area contributed by atoms with E-state index in [1.807, 2.05) is 13.8 Å². The van der Waals surface area contributed by atoms with Crippen molar-refractivity contribution < 1.29 is 13.9 Å². The van der Waals surface area contributed by atoms with E-state index >= 15 is 0 Å². The highest BCUT2D eigenvalue weighted by atomic mass is 35.5. The molecule has 33 heavy (non-hydrogen) atoms. The predicted octanol–water partition coefficient (Wildman–Crippen LogP) is 3.99. The number of aromatic nitrogens is 3. The van der Waals surface area contributed by atoms with E-state index in [9.17, 15) is 9.18 Å². The third-order valence-corrected chi connectivity index (χ3v) is 5.92. The summed E-state index contributed by atoms with van der Waals surface area (Å²) in [6.07, 6.45) is 4.93. The number of carbonyl (C=O) groups is 1. The molecule has 1 amide bonds. The molecule has 1 aromatic carbocycles. The summed E-state index contributed by atoms with van der Waals surface area (Å²) in [5.74, 6) is 0.383. The number of benzene rings is 1. The van der Waals surface area contributed by atoms with E-state index in [0.717, 1.165) is 11.1 Å². The minimum absolute atomic E-state index is 0.00558. The lowest BCUT2D eigenvalue weighted by molar-refractivity contribution is -0.136. The van der Waals surface area contributed by atoms with Crippen LogP contribution in [0.1, 0.15) is 12.5 Å². The van der Waals surface area contributed by atoms with Gasteiger partial charge in [-0.3, -0.25) is 14.8 Å². The fourth-order valence-electron chi connectivity index (χ4n) is 3.84. The molecule has 4 rings (SSSR count). The standard InChI is InChI=1S/C24H25ClFN5O2/c1-3-33-15-22(32)31-10-8-30(9-11-31)21-14-28-23(18-5-4-17(26)12-16(18)2)24(29-21)19-6-7-27-13-20(19)25/h4-7,12-14H,3,8-11,15H2,1-2H3. The van der Waals surface area contributed by atoms with Crippen LogP contribution in [0.25, 0.3) is 22.5 Å². The maximum atomic E-state index is 13.7. The SMILES string of the molecule is CCOCC(=O)N1CCN(c2cnc(-c3ccc(F)cc3C)c(-c3ccncc3Cl)n2)CC1. The summed E-state index contributed by atoms with van der Waals surface area (Å²) in [4.78, 5) is 29.8. The van der Waals surface area contributed by atoms with Crippen LogP contribution in [0.5, 0.6) is 0 Å². The number of rotatable bonds is 6. The number of ether oxygens (including phenoxy) is 1. The van der Waals surface area contributed by atoms with E-state index in [1.54, 1.807) is 35.6 Å². The Bertz CT molecular complexity index is 1150. The number of carbonyl (C=O) groups excluding carboxylic acids is 1. The van der Waals surface area contributed by atoms with Gasteiger partial charge in [0.05, 0.1) is 16.9 Å². The first-order valence-corrected chi connectivity index (χ1v) is 11.2. The molecule has 7 nitrogen and oxygen atoms in total. The lowest BCUT2D eigenvalue weighted by Crippen LogP contribution is -2.50. The first-order valence-electron chi connectivity index (χ1n) is 10.8. The lowest BCUT2D eigenvalue weighted by Gasteiger charge is -2.35. The van der Waals surface area contributed by atoms with Crippen molar-refractivity contribution in [1.82, 2.24) is 19.9 Å². The fourth-order valence-corrected chi connectivity index (χ4v) is 4.05. The van der Waals surface area contributed by atoms with Gasteiger partial charge < -0.3 is 14.5 Å². The molecule has 0 N–H and O–H groups in total. The summed E-state index contributed by atoms with van der Waals surface area (Å²) in [5, 5.41) is 0.455. The number of hydrogen-bond donors (Lipinski definition) is 0. The van der Waals surface area contributed by atoms with Gasteiger partial charge in [-0.25, -0.2) is 9.37 Å². The maximum absolute atomic E-state index is 13.7. The third kappa shape index (κ3) is 5.12. The molecule has 0 atom stereocenters. The second-order valence-electron chi connectivity index (χ2n) is 7.75. The Kier molecular flexibility index (Phi) is 7.15. The normalized spacial score (nSPS) is 13.9. The second kappa shape index (κ2) is 10.2. The van der Waals surface area contributed by atoms with Gasteiger partial charge in [-0.15, -0.1) is 0 Å². The van der Waals surface area contributed by atoms with Gasteiger partial charge in [0.2, 0.25) is 5.91 Å². The van der Waals surface area contributed by atoms with Gasteiger partial charge in [0.1, 0.15) is 23.9 Å². The molecule has 1 aliphatic heterocycles. The molecule has 2 aromatic heterocycles. The minimum atomic E-state index is -0.305. The Morgan fingerprint density at radius 1 is 1.12 bits per heavy atom.